The Hall–Kier alpha value is -2.95. The molecule has 0 spiro atoms. The van der Waals surface area contributed by atoms with Crippen molar-refractivity contribution >= 4 is 17.4 Å². The van der Waals surface area contributed by atoms with E-state index in [-0.39, 0.29) is 12.3 Å². The Morgan fingerprint density at radius 2 is 1.73 bits per heavy atom. The predicted octanol–water partition coefficient (Wildman–Crippen LogP) is 4.28. The van der Waals surface area contributed by atoms with Gasteiger partial charge in [-0.15, -0.1) is 0 Å². The molecule has 2 aromatic carbocycles. The van der Waals surface area contributed by atoms with Gasteiger partial charge in [-0.1, -0.05) is 30.4 Å². The van der Waals surface area contributed by atoms with Crippen LogP contribution in [0.4, 0.5) is 9.18 Å². The normalized spacial score (nSPS) is 10.9. The molecule has 0 atom stereocenters. The van der Waals surface area contributed by atoms with Crippen LogP contribution in [0.1, 0.15) is 42.3 Å². The zero-order valence-electron chi connectivity index (χ0n) is 15.2. The molecule has 4 nitrogen and oxygen atoms in total. The van der Waals surface area contributed by atoms with E-state index in [0.717, 1.165) is 16.7 Å². The molecular weight excluding hydrogens is 331 g/mol. The molecule has 0 aliphatic carbocycles. The monoisotopic (exact) mass is 354 g/mol. The van der Waals surface area contributed by atoms with E-state index in [0.29, 0.717) is 5.56 Å². The first kappa shape index (κ1) is 19.4. The van der Waals surface area contributed by atoms with Crippen molar-refractivity contribution in [3.05, 3.63) is 77.6 Å². The van der Waals surface area contributed by atoms with Crippen LogP contribution in [0.5, 0.6) is 0 Å². The quantitative estimate of drug-likeness (QED) is 0.761. The standard InChI is InChI=1S/C21H23FN2O2/c1-14(2)16-6-5-7-17(12-16)21(3,4)24-20(26)23-13-19(25)15-8-10-18(22)11-9-15/h5-12H,1,13H2,2-4H3,(H2,23,24,26). The lowest BCUT2D eigenvalue weighted by atomic mass is 9.92. The lowest BCUT2D eigenvalue weighted by Crippen LogP contribution is -2.47. The van der Waals surface area contributed by atoms with Crippen LogP contribution in [0.3, 0.4) is 0 Å². The number of hydrogen-bond donors (Lipinski definition) is 2. The van der Waals surface area contributed by atoms with Gasteiger partial charge in [0.1, 0.15) is 5.82 Å². The van der Waals surface area contributed by atoms with Gasteiger partial charge in [0.2, 0.25) is 0 Å². The maximum absolute atomic E-state index is 12.9. The van der Waals surface area contributed by atoms with Crippen molar-refractivity contribution in [3.8, 4) is 0 Å². The van der Waals surface area contributed by atoms with Gasteiger partial charge in [0.15, 0.2) is 5.78 Å². The molecule has 2 amide bonds. The maximum Gasteiger partial charge on any atom is 0.315 e. The summed E-state index contributed by atoms with van der Waals surface area (Å²) in [5.41, 5.74) is 2.59. The first-order valence-corrected chi connectivity index (χ1v) is 8.30. The third kappa shape index (κ3) is 5.02. The number of benzene rings is 2. The van der Waals surface area contributed by atoms with E-state index in [1.807, 2.05) is 45.0 Å². The van der Waals surface area contributed by atoms with Crippen molar-refractivity contribution in [1.82, 2.24) is 10.6 Å². The SMILES string of the molecule is C=C(C)c1cccc(C(C)(C)NC(=O)NCC(=O)c2ccc(F)cc2)c1. The maximum atomic E-state index is 12.9. The Kier molecular flexibility index (Phi) is 5.93. The highest BCUT2D eigenvalue weighted by atomic mass is 19.1. The number of urea groups is 1. The number of carbonyl (C=O) groups is 2. The van der Waals surface area contributed by atoms with Crippen LogP contribution in [-0.2, 0) is 5.54 Å². The number of ketones is 1. The largest absolute Gasteiger partial charge is 0.331 e. The minimum Gasteiger partial charge on any atom is -0.331 e. The van der Waals surface area contributed by atoms with Crippen LogP contribution in [-0.4, -0.2) is 18.4 Å². The number of nitrogens with one attached hydrogen (secondary N) is 2. The topological polar surface area (TPSA) is 58.2 Å². The van der Waals surface area contributed by atoms with E-state index in [4.69, 9.17) is 0 Å². The second-order valence-corrected chi connectivity index (χ2v) is 6.72. The van der Waals surface area contributed by atoms with E-state index in [1.54, 1.807) is 0 Å². The first-order chi connectivity index (χ1) is 12.2. The van der Waals surface area contributed by atoms with Crippen LogP contribution in [0.25, 0.3) is 5.57 Å². The number of amides is 2. The van der Waals surface area contributed by atoms with E-state index in [2.05, 4.69) is 17.2 Å². The van der Waals surface area contributed by atoms with Crippen molar-refractivity contribution in [1.29, 1.82) is 0 Å². The Labute approximate surface area is 153 Å². The highest BCUT2D eigenvalue weighted by molar-refractivity contribution is 5.99. The van der Waals surface area contributed by atoms with Gasteiger partial charge in [0.05, 0.1) is 12.1 Å². The van der Waals surface area contributed by atoms with E-state index >= 15 is 0 Å². The molecule has 2 N–H and O–H groups in total. The van der Waals surface area contributed by atoms with Crippen LogP contribution >= 0.6 is 0 Å². The van der Waals surface area contributed by atoms with Gasteiger partial charge in [-0.3, -0.25) is 4.79 Å². The summed E-state index contributed by atoms with van der Waals surface area (Å²) in [6.45, 7) is 9.45. The van der Waals surface area contributed by atoms with E-state index in [9.17, 15) is 14.0 Å². The van der Waals surface area contributed by atoms with Gasteiger partial charge >= 0.3 is 6.03 Å². The summed E-state index contributed by atoms with van der Waals surface area (Å²) in [4.78, 5) is 24.2. The summed E-state index contributed by atoms with van der Waals surface area (Å²) >= 11 is 0. The number of rotatable bonds is 6. The average molecular weight is 354 g/mol. The zero-order chi connectivity index (χ0) is 19.3. The zero-order valence-corrected chi connectivity index (χ0v) is 15.2. The third-order valence-corrected chi connectivity index (χ3v) is 4.08. The van der Waals surface area contributed by atoms with Crippen LogP contribution in [0, 0.1) is 5.82 Å². The minimum atomic E-state index is -0.630. The van der Waals surface area contributed by atoms with Crippen molar-refractivity contribution in [2.75, 3.05) is 6.54 Å². The number of hydrogen-bond acceptors (Lipinski definition) is 2. The summed E-state index contributed by atoms with van der Waals surface area (Å²) in [6.07, 6.45) is 0. The molecular formula is C21H23FN2O2. The summed E-state index contributed by atoms with van der Waals surface area (Å²) in [5.74, 6) is -0.701. The second kappa shape index (κ2) is 7.95. The first-order valence-electron chi connectivity index (χ1n) is 8.30. The predicted molar refractivity (Wildman–Crippen MR) is 101 cm³/mol. The fourth-order valence-corrected chi connectivity index (χ4v) is 2.47. The smallest absolute Gasteiger partial charge is 0.315 e. The van der Waals surface area contributed by atoms with Crippen LogP contribution < -0.4 is 10.6 Å². The van der Waals surface area contributed by atoms with Crippen molar-refractivity contribution in [2.24, 2.45) is 0 Å². The molecule has 136 valence electrons. The molecule has 2 aromatic rings. The van der Waals surface area contributed by atoms with Crippen molar-refractivity contribution in [2.45, 2.75) is 26.3 Å². The van der Waals surface area contributed by atoms with E-state index < -0.39 is 17.4 Å². The molecule has 0 fully saturated rings. The molecule has 2 rings (SSSR count). The van der Waals surface area contributed by atoms with Gasteiger partial charge in [-0.2, -0.15) is 0 Å². The highest BCUT2D eigenvalue weighted by Crippen LogP contribution is 2.23. The van der Waals surface area contributed by atoms with Gasteiger partial charge < -0.3 is 10.6 Å². The molecule has 0 radical (unpaired) electrons. The van der Waals surface area contributed by atoms with Gasteiger partial charge in [0, 0.05) is 5.56 Å². The van der Waals surface area contributed by atoms with Crippen LogP contribution in [0.15, 0.2) is 55.1 Å². The fraction of sp³-hybridized carbons (Fsp3) is 0.238. The number of halogens is 1. The van der Waals surface area contributed by atoms with Crippen LogP contribution in [0.2, 0.25) is 0 Å². The van der Waals surface area contributed by atoms with Gasteiger partial charge in [0.25, 0.3) is 0 Å². The lowest BCUT2D eigenvalue weighted by Gasteiger charge is -2.27. The molecule has 0 aromatic heterocycles. The number of allylic oxidation sites excluding steroid dienone is 1. The summed E-state index contributed by atoms with van der Waals surface area (Å²) in [5, 5.41) is 5.41. The molecule has 0 saturated carbocycles. The summed E-state index contributed by atoms with van der Waals surface area (Å²) in [6, 6.07) is 12.5. The highest BCUT2D eigenvalue weighted by Gasteiger charge is 2.23. The molecule has 5 heteroatoms. The van der Waals surface area contributed by atoms with Gasteiger partial charge in [-0.25, -0.2) is 9.18 Å². The molecule has 0 unspecified atom stereocenters. The van der Waals surface area contributed by atoms with Crippen molar-refractivity contribution < 1.29 is 14.0 Å². The second-order valence-electron chi connectivity index (χ2n) is 6.72. The molecule has 0 heterocycles. The molecule has 0 bridgehead atoms. The third-order valence-electron chi connectivity index (χ3n) is 4.08. The Bertz CT molecular complexity index is 826. The molecule has 0 aliphatic rings. The van der Waals surface area contributed by atoms with Crippen molar-refractivity contribution in [3.63, 3.8) is 0 Å². The average Bonchev–Trinajstić information content (AvgIpc) is 2.60. The number of Topliss-reactive ketones (excluding diaryl/α,β-unsaturated/α-hetero) is 1. The Morgan fingerprint density at radius 3 is 2.35 bits per heavy atom. The summed E-state index contributed by atoms with van der Waals surface area (Å²) in [7, 11) is 0. The molecule has 26 heavy (non-hydrogen) atoms. The van der Waals surface area contributed by atoms with E-state index in [1.165, 1.54) is 24.3 Å². The number of carbonyl (C=O) groups excluding carboxylic acids is 2. The molecule has 0 aliphatic heterocycles. The Balaban J connectivity index is 1.97. The Morgan fingerprint density at radius 1 is 1.08 bits per heavy atom. The lowest BCUT2D eigenvalue weighted by molar-refractivity contribution is 0.0991. The van der Waals surface area contributed by atoms with Gasteiger partial charge in [-0.05, 0) is 62.2 Å². The minimum absolute atomic E-state index is 0.167. The summed E-state index contributed by atoms with van der Waals surface area (Å²) < 4.78 is 12.9. The fourth-order valence-electron chi connectivity index (χ4n) is 2.47. The molecule has 0 saturated heterocycles.